The van der Waals surface area contributed by atoms with Crippen LogP contribution < -0.4 is 0 Å². The van der Waals surface area contributed by atoms with Crippen molar-refractivity contribution in [1.82, 2.24) is 9.80 Å². The van der Waals surface area contributed by atoms with Crippen LogP contribution in [0.2, 0.25) is 0 Å². The Morgan fingerprint density at radius 3 is 1.18 bits per heavy atom. The van der Waals surface area contributed by atoms with Crippen LogP contribution in [0.1, 0.15) is 91.9 Å². The third-order valence-corrected chi connectivity index (χ3v) is 4.63. The van der Waals surface area contributed by atoms with Crippen LogP contribution in [-0.2, 0) is 9.47 Å². The molecule has 0 aliphatic heterocycles. The molecule has 0 aliphatic rings. The maximum atomic E-state index is 12.3. The third-order valence-electron chi connectivity index (χ3n) is 4.63. The fourth-order valence-corrected chi connectivity index (χ4v) is 2.68. The van der Waals surface area contributed by atoms with E-state index in [1.54, 1.807) is 0 Å². The lowest BCUT2D eigenvalue weighted by Crippen LogP contribution is -2.36. The molecule has 0 aromatic heterocycles. The number of ether oxygens (including phenoxy) is 2. The van der Waals surface area contributed by atoms with Crippen LogP contribution in [0.4, 0.5) is 9.59 Å². The average Bonchev–Trinajstić information content (AvgIpc) is 2.69. The first kappa shape index (κ1) is 26.5. The van der Waals surface area contributed by atoms with Crippen LogP contribution in [0.15, 0.2) is 0 Å². The van der Waals surface area contributed by atoms with Gasteiger partial charge in [0.15, 0.2) is 0 Å². The first-order chi connectivity index (χ1) is 13.6. The van der Waals surface area contributed by atoms with Gasteiger partial charge in [-0.1, -0.05) is 53.4 Å². The molecule has 0 aliphatic carbocycles. The zero-order chi connectivity index (χ0) is 21.0. The summed E-state index contributed by atoms with van der Waals surface area (Å²) < 4.78 is 10.7. The number of amides is 2. The number of unbranched alkanes of at least 4 members (excludes halogenated alkanes) is 5. The number of rotatable bonds is 17. The summed E-state index contributed by atoms with van der Waals surface area (Å²) in [5.41, 5.74) is 0. The van der Waals surface area contributed by atoms with E-state index in [0.29, 0.717) is 26.3 Å². The van der Waals surface area contributed by atoms with Crippen molar-refractivity contribution in [3.05, 3.63) is 0 Å². The molecule has 0 rings (SSSR count). The van der Waals surface area contributed by atoms with Crippen molar-refractivity contribution in [3.8, 4) is 0 Å². The van der Waals surface area contributed by atoms with Gasteiger partial charge >= 0.3 is 12.2 Å². The highest BCUT2D eigenvalue weighted by molar-refractivity contribution is 5.68. The average molecular weight is 401 g/mol. The number of hydrogen-bond acceptors (Lipinski definition) is 4. The Morgan fingerprint density at radius 2 is 0.857 bits per heavy atom. The molecule has 0 saturated carbocycles. The van der Waals surface area contributed by atoms with Crippen LogP contribution in [0.25, 0.3) is 0 Å². The second kappa shape index (κ2) is 18.9. The van der Waals surface area contributed by atoms with Gasteiger partial charge in [-0.25, -0.2) is 9.59 Å². The summed E-state index contributed by atoms with van der Waals surface area (Å²) >= 11 is 0. The second-order valence-corrected chi connectivity index (χ2v) is 7.32. The SMILES string of the molecule is CCCCOC(=O)N(CCCC)CCCCN(CCCC)C(=O)OCCCC. The van der Waals surface area contributed by atoms with Gasteiger partial charge in [0.25, 0.3) is 0 Å². The van der Waals surface area contributed by atoms with Crippen LogP contribution in [0, 0.1) is 0 Å². The highest BCUT2D eigenvalue weighted by atomic mass is 16.6. The van der Waals surface area contributed by atoms with Crippen molar-refractivity contribution < 1.29 is 19.1 Å². The fraction of sp³-hybridized carbons (Fsp3) is 0.909. The molecule has 0 N–H and O–H groups in total. The molecule has 6 heteroatoms. The Morgan fingerprint density at radius 1 is 0.536 bits per heavy atom. The highest BCUT2D eigenvalue weighted by Crippen LogP contribution is 2.07. The minimum Gasteiger partial charge on any atom is -0.449 e. The summed E-state index contributed by atoms with van der Waals surface area (Å²) in [6, 6.07) is 0. The van der Waals surface area contributed by atoms with E-state index < -0.39 is 0 Å². The molecule has 0 radical (unpaired) electrons. The van der Waals surface area contributed by atoms with Gasteiger partial charge in [0.1, 0.15) is 0 Å². The summed E-state index contributed by atoms with van der Waals surface area (Å²) in [6.07, 6.45) is 9.21. The third kappa shape index (κ3) is 13.7. The molecular formula is C22H44N2O4. The van der Waals surface area contributed by atoms with E-state index in [9.17, 15) is 9.59 Å². The highest BCUT2D eigenvalue weighted by Gasteiger charge is 2.16. The predicted molar refractivity (Wildman–Crippen MR) is 115 cm³/mol. The topological polar surface area (TPSA) is 59.1 Å². The number of nitrogens with zero attached hydrogens (tertiary/aromatic N) is 2. The van der Waals surface area contributed by atoms with Crippen molar-refractivity contribution in [3.63, 3.8) is 0 Å². The Kier molecular flexibility index (Phi) is 17.9. The van der Waals surface area contributed by atoms with Crippen LogP contribution in [0.5, 0.6) is 0 Å². The number of carbonyl (C=O) groups excluding carboxylic acids is 2. The zero-order valence-corrected chi connectivity index (χ0v) is 18.8. The Hall–Kier alpha value is -1.46. The summed E-state index contributed by atoms with van der Waals surface area (Å²) in [5.74, 6) is 0. The first-order valence-electron chi connectivity index (χ1n) is 11.4. The summed E-state index contributed by atoms with van der Waals surface area (Å²) in [4.78, 5) is 28.2. The lowest BCUT2D eigenvalue weighted by molar-refractivity contribution is 0.0941. The molecular weight excluding hydrogens is 356 g/mol. The van der Waals surface area contributed by atoms with Gasteiger partial charge in [0, 0.05) is 26.2 Å². The summed E-state index contributed by atoms with van der Waals surface area (Å²) in [5, 5.41) is 0. The van der Waals surface area contributed by atoms with Gasteiger partial charge in [-0.3, -0.25) is 0 Å². The van der Waals surface area contributed by atoms with E-state index in [2.05, 4.69) is 27.7 Å². The number of carbonyl (C=O) groups is 2. The number of hydrogen-bond donors (Lipinski definition) is 0. The molecule has 166 valence electrons. The molecule has 0 heterocycles. The zero-order valence-electron chi connectivity index (χ0n) is 18.8. The minimum atomic E-state index is -0.205. The van der Waals surface area contributed by atoms with Crippen molar-refractivity contribution in [2.75, 3.05) is 39.4 Å². The van der Waals surface area contributed by atoms with E-state index >= 15 is 0 Å². The molecule has 0 unspecified atom stereocenters. The van der Waals surface area contributed by atoms with Crippen molar-refractivity contribution >= 4 is 12.2 Å². The van der Waals surface area contributed by atoms with Crippen LogP contribution in [-0.4, -0.2) is 61.4 Å². The predicted octanol–water partition coefficient (Wildman–Crippen LogP) is 5.84. The summed E-state index contributed by atoms with van der Waals surface area (Å²) in [7, 11) is 0. The lowest BCUT2D eigenvalue weighted by atomic mass is 10.2. The molecule has 0 fully saturated rings. The Bertz CT molecular complexity index is 355. The maximum absolute atomic E-state index is 12.3. The van der Waals surface area contributed by atoms with E-state index in [-0.39, 0.29) is 12.2 Å². The fourth-order valence-electron chi connectivity index (χ4n) is 2.68. The quantitative estimate of drug-likeness (QED) is 0.288. The lowest BCUT2D eigenvalue weighted by Gasteiger charge is -2.24. The van der Waals surface area contributed by atoms with Gasteiger partial charge in [0.05, 0.1) is 13.2 Å². The normalized spacial score (nSPS) is 10.6. The van der Waals surface area contributed by atoms with Crippen LogP contribution >= 0.6 is 0 Å². The van der Waals surface area contributed by atoms with E-state index in [4.69, 9.17) is 9.47 Å². The van der Waals surface area contributed by atoms with Gasteiger partial charge in [0.2, 0.25) is 0 Å². The standard InChI is InChI=1S/C22H44N2O4/c1-5-9-15-23(21(25)27-19-11-7-3)17-13-14-18-24(16-10-6-2)22(26)28-20-12-8-4/h5-20H2,1-4H3. The largest absolute Gasteiger partial charge is 0.449 e. The smallest absolute Gasteiger partial charge is 0.409 e. The Labute approximate surface area is 172 Å². The molecule has 28 heavy (non-hydrogen) atoms. The van der Waals surface area contributed by atoms with E-state index in [1.165, 1.54) is 0 Å². The van der Waals surface area contributed by atoms with Gasteiger partial charge < -0.3 is 19.3 Å². The molecule has 2 amide bonds. The molecule has 6 nitrogen and oxygen atoms in total. The second-order valence-electron chi connectivity index (χ2n) is 7.32. The van der Waals surface area contributed by atoms with Crippen LogP contribution in [0.3, 0.4) is 0 Å². The van der Waals surface area contributed by atoms with E-state index in [0.717, 1.165) is 77.3 Å². The molecule has 0 atom stereocenters. The first-order valence-corrected chi connectivity index (χ1v) is 11.4. The molecule has 0 spiro atoms. The maximum Gasteiger partial charge on any atom is 0.409 e. The summed E-state index contributed by atoms with van der Waals surface area (Å²) in [6.45, 7) is 12.2. The minimum absolute atomic E-state index is 0.205. The molecule has 0 bridgehead atoms. The molecule has 0 aromatic carbocycles. The van der Waals surface area contributed by atoms with Gasteiger partial charge in [-0.2, -0.15) is 0 Å². The van der Waals surface area contributed by atoms with Crippen molar-refractivity contribution in [2.24, 2.45) is 0 Å². The van der Waals surface area contributed by atoms with Crippen molar-refractivity contribution in [1.29, 1.82) is 0 Å². The molecule has 0 saturated heterocycles. The van der Waals surface area contributed by atoms with E-state index in [1.807, 2.05) is 9.80 Å². The van der Waals surface area contributed by atoms with Gasteiger partial charge in [-0.15, -0.1) is 0 Å². The Balaban J connectivity index is 4.38. The van der Waals surface area contributed by atoms with Gasteiger partial charge in [-0.05, 0) is 38.5 Å². The monoisotopic (exact) mass is 400 g/mol. The molecule has 0 aromatic rings. The van der Waals surface area contributed by atoms with Crippen molar-refractivity contribution in [2.45, 2.75) is 91.9 Å².